The summed E-state index contributed by atoms with van der Waals surface area (Å²) in [5.41, 5.74) is 2.99. The van der Waals surface area contributed by atoms with Gasteiger partial charge in [-0.25, -0.2) is 0 Å². The Bertz CT molecular complexity index is 536. The maximum atomic E-state index is 12.0. The molecule has 0 atom stereocenters. The molecule has 0 saturated carbocycles. The highest BCUT2D eigenvalue weighted by Crippen LogP contribution is 2.19. The molecule has 0 unspecified atom stereocenters. The zero-order chi connectivity index (χ0) is 12.3. The van der Waals surface area contributed by atoms with Crippen LogP contribution in [0, 0.1) is 6.92 Å². The fourth-order valence-corrected chi connectivity index (χ4v) is 2.69. The number of hydrogen-bond acceptors (Lipinski definition) is 2. The van der Waals surface area contributed by atoms with Gasteiger partial charge in [0.25, 0.3) is 5.91 Å². The highest BCUT2D eigenvalue weighted by atomic mass is 79.9. The molecule has 0 radical (unpaired) electrons. The van der Waals surface area contributed by atoms with E-state index in [1.54, 1.807) is 0 Å². The van der Waals surface area contributed by atoms with Crippen molar-refractivity contribution in [1.29, 1.82) is 0 Å². The van der Waals surface area contributed by atoms with Crippen LogP contribution in [0.15, 0.2) is 35.7 Å². The van der Waals surface area contributed by atoms with Crippen molar-refractivity contribution in [3.8, 4) is 0 Å². The van der Waals surface area contributed by atoms with Crippen molar-refractivity contribution in [2.45, 2.75) is 12.3 Å². The van der Waals surface area contributed by atoms with E-state index in [1.165, 1.54) is 11.3 Å². The fraction of sp³-hybridized carbons (Fsp3) is 0.154. The molecule has 1 aromatic carbocycles. The predicted octanol–water partition coefficient (Wildman–Crippen LogP) is 4.20. The minimum absolute atomic E-state index is 0.0378. The molecule has 4 heteroatoms. The van der Waals surface area contributed by atoms with E-state index in [4.69, 9.17) is 0 Å². The number of hydrogen-bond donors (Lipinski definition) is 1. The van der Waals surface area contributed by atoms with Crippen LogP contribution < -0.4 is 5.32 Å². The second-order valence-corrected chi connectivity index (χ2v) is 5.20. The summed E-state index contributed by atoms with van der Waals surface area (Å²) < 4.78 is 0. The molecule has 2 rings (SSSR count). The Labute approximate surface area is 113 Å². The molecule has 0 spiro atoms. The first-order chi connectivity index (χ1) is 8.20. The molecule has 0 bridgehead atoms. The van der Waals surface area contributed by atoms with Gasteiger partial charge in [0.05, 0.1) is 4.88 Å². The molecule has 0 saturated heterocycles. The topological polar surface area (TPSA) is 29.1 Å². The first-order valence-corrected chi connectivity index (χ1v) is 7.21. The lowest BCUT2D eigenvalue weighted by molar-refractivity contribution is 0.103. The number of benzene rings is 1. The molecule has 2 aromatic rings. The number of alkyl halides is 1. The third kappa shape index (κ3) is 2.96. The van der Waals surface area contributed by atoms with Gasteiger partial charge in [0.1, 0.15) is 0 Å². The van der Waals surface area contributed by atoms with E-state index in [9.17, 15) is 4.79 Å². The molecule has 0 aliphatic rings. The van der Waals surface area contributed by atoms with Gasteiger partial charge in [-0.05, 0) is 41.6 Å². The third-order valence-electron chi connectivity index (χ3n) is 2.41. The number of halogens is 1. The molecule has 17 heavy (non-hydrogen) atoms. The molecule has 0 fully saturated rings. The van der Waals surface area contributed by atoms with Gasteiger partial charge in [0.15, 0.2) is 0 Å². The summed E-state index contributed by atoms with van der Waals surface area (Å²) in [6, 6.07) is 9.77. The van der Waals surface area contributed by atoms with Crippen LogP contribution in [0.4, 0.5) is 5.69 Å². The first kappa shape index (κ1) is 12.3. The zero-order valence-electron chi connectivity index (χ0n) is 9.37. The van der Waals surface area contributed by atoms with E-state index in [1.807, 2.05) is 42.6 Å². The third-order valence-corrected chi connectivity index (χ3v) is 4.07. The summed E-state index contributed by atoms with van der Waals surface area (Å²) in [4.78, 5) is 12.8. The van der Waals surface area contributed by atoms with Gasteiger partial charge in [-0.1, -0.05) is 28.1 Å². The number of aryl methyl sites for hydroxylation is 1. The molecular weight excluding hydrogens is 298 g/mol. The van der Waals surface area contributed by atoms with Gasteiger partial charge in [0.2, 0.25) is 0 Å². The highest BCUT2D eigenvalue weighted by Gasteiger charge is 2.10. The van der Waals surface area contributed by atoms with Crippen LogP contribution >= 0.6 is 27.3 Å². The van der Waals surface area contributed by atoms with Gasteiger partial charge < -0.3 is 5.32 Å². The Kier molecular flexibility index (Phi) is 3.97. The van der Waals surface area contributed by atoms with Gasteiger partial charge in [-0.3, -0.25) is 4.79 Å². The Balaban J connectivity index is 2.16. The number of amides is 1. The first-order valence-electron chi connectivity index (χ1n) is 5.21. The Morgan fingerprint density at radius 1 is 1.41 bits per heavy atom. The van der Waals surface area contributed by atoms with E-state index >= 15 is 0 Å². The summed E-state index contributed by atoms with van der Waals surface area (Å²) in [7, 11) is 0. The van der Waals surface area contributed by atoms with Crippen LogP contribution in [0.1, 0.15) is 20.8 Å². The van der Waals surface area contributed by atoms with Crippen molar-refractivity contribution in [1.82, 2.24) is 0 Å². The quantitative estimate of drug-likeness (QED) is 0.846. The van der Waals surface area contributed by atoms with Crippen molar-refractivity contribution in [2.75, 3.05) is 5.32 Å². The predicted molar refractivity (Wildman–Crippen MR) is 76.1 cm³/mol. The van der Waals surface area contributed by atoms with Crippen molar-refractivity contribution >= 4 is 38.9 Å². The van der Waals surface area contributed by atoms with E-state index < -0.39 is 0 Å². The van der Waals surface area contributed by atoms with E-state index in [-0.39, 0.29) is 5.91 Å². The molecule has 0 aliphatic heterocycles. The second-order valence-electron chi connectivity index (χ2n) is 3.72. The van der Waals surface area contributed by atoms with Crippen LogP contribution in [0.2, 0.25) is 0 Å². The molecule has 1 amide bonds. The minimum Gasteiger partial charge on any atom is -0.321 e. The number of nitrogens with one attached hydrogen (secondary N) is 1. The van der Waals surface area contributed by atoms with E-state index in [2.05, 4.69) is 21.2 Å². The number of carbonyl (C=O) groups is 1. The standard InChI is InChI=1S/C13H12BrNOS/c1-9-5-6-17-12(9)13(16)15-11-4-2-3-10(7-11)8-14/h2-7H,8H2,1H3,(H,15,16). The normalized spacial score (nSPS) is 10.2. The lowest BCUT2D eigenvalue weighted by Crippen LogP contribution is -2.11. The second kappa shape index (κ2) is 5.47. The maximum Gasteiger partial charge on any atom is 0.265 e. The number of rotatable bonds is 3. The van der Waals surface area contributed by atoms with E-state index in [0.717, 1.165) is 27.0 Å². The highest BCUT2D eigenvalue weighted by molar-refractivity contribution is 9.08. The van der Waals surface area contributed by atoms with Gasteiger partial charge in [-0.15, -0.1) is 11.3 Å². The summed E-state index contributed by atoms with van der Waals surface area (Å²) in [6.07, 6.45) is 0. The lowest BCUT2D eigenvalue weighted by atomic mass is 10.2. The Hall–Kier alpha value is -1.13. The number of anilines is 1. The lowest BCUT2D eigenvalue weighted by Gasteiger charge is -2.05. The van der Waals surface area contributed by atoms with Gasteiger partial charge in [-0.2, -0.15) is 0 Å². The van der Waals surface area contributed by atoms with Crippen LogP contribution in [0.3, 0.4) is 0 Å². The van der Waals surface area contributed by atoms with Crippen LogP contribution in [-0.4, -0.2) is 5.91 Å². The fourth-order valence-electron chi connectivity index (χ4n) is 1.53. The van der Waals surface area contributed by atoms with Crippen molar-refractivity contribution in [3.63, 3.8) is 0 Å². The average Bonchev–Trinajstić information content (AvgIpc) is 2.76. The molecule has 1 N–H and O–H groups in total. The Morgan fingerprint density at radius 2 is 2.24 bits per heavy atom. The monoisotopic (exact) mass is 309 g/mol. The summed E-state index contributed by atoms with van der Waals surface area (Å²) in [5.74, 6) is -0.0378. The average molecular weight is 310 g/mol. The Morgan fingerprint density at radius 3 is 2.88 bits per heavy atom. The number of carbonyl (C=O) groups excluding carboxylic acids is 1. The van der Waals surface area contributed by atoms with Gasteiger partial charge in [0, 0.05) is 11.0 Å². The summed E-state index contributed by atoms with van der Waals surface area (Å²) in [6.45, 7) is 1.94. The van der Waals surface area contributed by atoms with Crippen LogP contribution in [0.25, 0.3) is 0 Å². The van der Waals surface area contributed by atoms with Crippen molar-refractivity contribution in [2.24, 2.45) is 0 Å². The SMILES string of the molecule is Cc1ccsc1C(=O)Nc1cccc(CBr)c1. The number of thiophene rings is 1. The molecule has 1 aromatic heterocycles. The molecular formula is C13H12BrNOS. The smallest absolute Gasteiger partial charge is 0.265 e. The summed E-state index contributed by atoms with van der Waals surface area (Å²) >= 11 is 4.86. The molecule has 88 valence electrons. The van der Waals surface area contributed by atoms with Crippen LogP contribution in [0.5, 0.6) is 0 Å². The van der Waals surface area contributed by atoms with E-state index in [0.29, 0.717) is 0 Å². The van der Waals surface area contributed by atoms with Crippen molar-refractivity contribution in [3.05, 3.63) is 51.7 Å². The minimum atomic E-state index is -0.0378. The van der Waals surface area contributed by atoms with Crippen molar-refractivity contribution < 1.29 is 4.79 Å². The molecule has 0 aliphatic carbocycles. The largest absolute Gasteiger partial charge is 0.321 e. The maximum absolute atomic E-state index is 12.0. The molecule has 2 nitrogen and oxygen atoms in total. The molecule has 1 heterocycles. The zero-order valence-corrected chi connectivity index (χ0v) is 11.8. The van der Waals surface area contributed by atoms with Crippen LogP contribution in [-0.2, 0) is 5.33 Å². The summed E-state index contributed by atoms with van der Waals surface area (Å²) in [5, 5.41) is 5.63. The van der Waals surface area contributed by atoms with Gasteiger partial charge >= 0.3 is 0 Å².